The molecule has 0 unspecified atom stereocenters. The van der Waals surface area contributed by atoms with E-state index < -0.39 is 0 Å². The Hall–Kier alpha value is -0.600. The third kappa shape index (κ3) is 2.48. The molecular formula is C8H16N2O. The predicted octanol–water partition coefficient (Wildman–Crippen LogP) is 2.37. The van der Waals surface area contributed by atoms with Crippen molar-refractivity contribution in [2.75, 3.05) is 0 Å². The van der Waals surface area contributed by atoms with Crippen molar-refractivity contribution in [3.05, 3.63) is 4.91 Å². The fraction of sp³-hybridized carbons (Fsp3) is 1.00. The molecule has 0 atom stereocenters. The normalized spacial score (nSPS) is 23.7. The summed E-state index contributed by atoms with van der Waals surface area (Å²) in [6.07, 6.45) is 7.21. The molecule has 0 heterocycles. The highest BCUT2D eigenvalue weighted by atomic mass is 16.3. The van der Waals surface area contributed by atoms with E-state index in [1.165, 1.54) is 25.7 Å². The van der Waals surface area contributed by atoms with Crippen molar-refractivity contribution in [3.63, 3.8) is 0 Å². The van der Waals surface area contributed by atoms with Gasteiger partial charge in [0.2, 0.25) is 0 Å². The molecule has 64 valence electrons. The van der Waals surface area contributed by atoms with Gasteiger partial charge in [0.15, 0.2) is 0 Å². The quantitative estimate of drug-likeness (QED) is 0.379. The average molecular weight is 156 g/mol. The van der Waals surface area contributed by atoms with Gasteiger partial charge in [0.25, 0.3) is 0 Å². The molecule has 0 radical (unpaired) electrons. The highest BCUT2D eigenvalue weighted by Gasteiger charge is 2.24. The van der Waals surface area contributed by atoms with Crippen LogP contribution in [-0.4, -0.2) is 5.54 Å². The van der Waals surface area contributed by atoms with Crippen molar-refractivity contribution in [1.82, 2.24) is 5.43 Å². The van der Waals surface area contributed by atoms with E-state index in [0.717, 1.165) is 12.8 Å². The van der Waals surface area contributed by atoms with Crippen molar-refractivity contribution >= 4 is 0 Å². The van der Waals surface area contributed by atoms with Crippen molar-refractivity contribution in [1.29, 1.82) is 0 Å². The molecule has 0 aromatic rings. The van der Waals surface area contributed by atoms with Crippen LogP contribution in [-0.2, 0) is 0 Å². The van der Waals surface area contributed by atoms with Crippen molar-refractivity contribution < 1.29 is 0 Å². The molecule has 1 fully saturated rings. The van der Waals surface area contributed by atoms with Gasteiger partial charge in [-0.3, -0.25) is 5.43 Å². The van der Waals surface area contributed by atoms with Gasteiger partial charge in [0, 0.05) is 0 Å². The van der Waals surface area contributed by atoms with E-state index in [1.54, 1.807) is 0 Å². The molecule has 0 saturated heterocycles. The second-order valence-electron chi connectivity index (χ2n) is 3.68. The van der Waals surface area contributed by atoms with Crippen LogP contribution in [0.4, 0.5) is 0 Å². The first-order chi connectivity index (χ1) is 5.27. The number of hydrogen-bond acceptors (Lipinski definition) is 2. The van der Waals surface area contributed by atoms with E-state index >= 15 is 0 Å². The second kappa shape index (κ2) is 3.69. The Balaban J connectivity index is 2.44. The fourth-order valence-corrected chi connectivity index (χ4v) is 1.73. The highest BCUT2D eigenvalue weighted by Crippen LogP contribution is 2.26. The van der Waals surface area contributed by atoms with Crippen LogP contribution in [0, 0.1) is 4.91 Å². The molecule has 3 heteroatoms. The summed E-state index contributed by atoms with van der Waals surface area (Å²) >= 11 is 0. The van der Waals surface area contributed by atoms with Crippen LogP contribution in [0.2, 0.25) is 0 Å². The van der Waals surface area contributed by atoms with E-state index in [2.05, 4.69) is 17.6 Å². The minimum absolute atomic E-state index is 0.0156. The Labute approximate surface area is 67.5 Å². The largest absolute Gasteiger partial charge is 0.268 e. The van der Waals surface area contributed by atoms with Gasteiger partial charge in [-0.15, -0.1) is 4.91 Å². The van der Waals surface area contributed by atoms with Crippen LogP contribution in [0.25, 0.3) is 0 Å². The number of nitrogens with one attached hydrogen (secondary N) is 1. The zero-order chi connectivity index (χ0) is 8.16. The summed E-state index contributed by atoms with van der Waals surface area (Å²) in [5.41, 5.74) is 2.65. The Bertz CT molecular complexity index is 128. The van der Waals surface area contributed by atoms with Crippen LogP contribution in [0.15, 0.2) is 5.29 Å². The summed E-state index contributed by atoms with van der Waals surface area (Å²) in [6.45, 7) is 2.08. The van der Waals surface area contributed by atoms with E-state index in [4.69, 9.17) is 0 Å². The van der Waals surface area contributed by atoms with E-state index in [-0.39, 0.29) is 5.54 Å². The first-order valence-electron chi connectivity index (χ1n) is 4.36. The average Bonchev–Trinajstić information content (AvgIpc) is 2.15. The third-order valence-corrected chi connectivity index (χ3v) is 2.52. The summed E-state index contributed by atoms with van der Waals surface area (Å²) in [5, 5.41) is 2.77. The molecule has 1 aliphatic carbocycles. The summed E-state index contributed by atoms with van der Waals surface area (Å²) in [4.78, 5) is 10.0. The Morgan fingerprint density at radius 3 is 2.18 bits per heavy atom. The molecule has 1 saturated carbocycles. The maximum Gasteiger partial charge on any atom is 0.0552 e. The molecule has 0 spiro atoms. The Morgan fingerprint density at radius 2 is 1.73 bits per heavy atom. The van der Waals surface area contributed by atoms with E-state index in [1.807, 2.05) is 0 Å². The molecule has 0 bridgehead atoms. The van der Waals surface area contributed by atoms with E-state index in [0.29, 0.717) is 0 Å². The standard InChI is InChI=1S/C8H16N2O/c1-8(9-10-11)6-4-2-3-5-7-8/h2-7H2,1H3,(H,9,11). The maximum absolute atomic E-state index is 10.0. The smallest absolute Gasteiger partial charge is 0.0552 e. The van der Waals surface area contributed by atoms with Crippen molar-refractivity contribution in [2.45, 2.75) is 51.0 Å². The van der Waals surface area contributed by atoms with E-state index in [9.17, 15) is 4.91 Å². The van der Waals surface area contributed by atoms with Gasteiger partial charge in [-0.25, -0.2) is 0 Å². The topological polar surface area (TPSA) is 41.5 Å². The molecule has 3 nitrogen and oxygen atoms in total. The highest BCUT2D eigenvalue weighted by molar-refractivity contribution is 4.83. The van der Waals surface area contributed by atoms with Crippen LogP contribution >= 0.6 is 0 Å². The summed E-state index contributed by atoms with van der Waals surface area (Å²) in [7, 11) is 0. The number of nitroso groups, excluding NO2 is 1. The molecule has 1 rings (SSSR count). The van der Waals surface area contributed by atoms with Gasteiger partial charge >= 0.3 is 0 Å². The summed E-state index contributed by atoms with van der Waals surface area (Å²) in [6, 6.07) is 0. The predicted molar refractivity (Wildman–Crippen MR) is 45.0 cm³/mol. The molecule has 0 aromatic heterocycles. The molecule has 0 aromatic carbocycles. The number of rotatable bonds is 2. The lowest BCUT2D eigenvalue weighted by Crippen LogP contribution is -2.37. The first kappa shape index (κ1) is 8.50. The SMILES string of the molecule is CC1(NN=O)CCCCCC1. The zero-order valence-electron chi connectivity index (χ0n) is 7.10. The molecule has 0 aliphatic heterocycles. The van der Waals surface area contributed by atoms with Gasteiger partial charge in [0.1, 0.15) is 0 Å². The lowest BCUT2D eigenvalue weighted by atomic mass is 9.94. The second-order valence-corrected chi connectivity index (χ2v) is 3.68. The maximum atomic E-state index is 10.0. The molecule has 1 aliphatic rings. The van der Waals surface area contributed by atoms with Crippen molar-refractivity contribution in [3.8, 4) is 0 Å². The van der Waals surface area contributed by atoms with Gasteiger partial charge in [-0.1, -0.05) is 25.7 Å². The zero-order valence-corrected chi connectivity index (χ0v) is 7.10. The fourth-order valence-electron chi connectivity index (χ4n) is 1.73. The van der Waals surface area contributed by atoms with Gasteiger partial charge < -0.3 is 0 Å². The first-order valence-corrected chi connectivity index (χ1v) is 4.36. The van der Waals surface area contributed by atoms with Crippen molar-refractivity contribution in [2.24, 2.45) is 5.29 Å². The lowest BCUT2D eigenvalue weighted by Gasteiger charge is -2.25. The molecule has 1 N–H and O–H groups in total. The monoisotopic (exact) mass is 156 g/mol. The minimum atomic E-state index is -0.0156. The number of hydrogen-bond donors (Lipinski definition) is 1. The number of nitrogens with zero attached hydrogens (tertiary/aromatic N) is 1. The minimum Gasteiger partial charge on any atom is -0.268 e. The van der Waals surface area contributed by atoms with Gasteiger partial charge in [-0.2, -0.15) is 0 Å². The van der Waals surface area contributed by atoms with Crippen LogP contribution < -0.4 is 5.43 Å². The third-order valence-electron chi connectivity index (χ3n) is 2.52. The van der Waals surface area contributed by atoms with Crippen LogP contribution in [0.3, 0.4) is 0 Å². The Morgan fingerprint density at radius 1 is 1.18 bits per heavy atom. The summed E-state index contributed by atoms with van der Waals surface area (Å²) in [5.74, 6) is 0. The summed E-state index contributed by atoms with van der Waals surface area (Å²) < 4.78 is 0. The van der Waals surface area contributed by atoms with Crippen LogP contribution in [0.1, 0.15) is 45.4 Å². The van der Waals surface area contributed by atoms with Crippen LogP contribution in [0.5, 0.6) is 0 Å². The van der Waals surface area contributed by atoms with Gasteiger partial charge in [0.05, 0.1) is 10.8 Å². The molecular weight excluding hydrogens is 140 g/mol. The molecule has 11 heavy (non-hydrogen) atoms. The lowest BCUT2D eigenvalue weighted by molar-refractivity contribution is 0.319. The molecule has 0 amide bonds. The Kier molecular flexibility index (Phi) is 2.85. The van der Waals surface area contributed by atoms with Gasteiger partial charge in [-0.05, 0) is 19.8 Å².